The van der Waals surface area contributed by atoms with E-state index in [0.29, 0.717) is 22.6 Å². The van der Waals surface area contributed by atoms with Gasteiger partial charge in [0.2, 0.25) is 0 Å². The van der Waals surface area contributed by atoms with Crippen LogP contribution in [0, 0.1) is 23.4 Å². The SMILES string of the molecule is CCCc1ccc(CCC2CCC(c3ccc(-c4ccc(CC)cc4)c(F)c3F)CC2)cc1F. The van der Waals surface area contributed by atoms with E-state index in [9.17, 15) is 8.78 Å². The Morgan fingerprint density at radius 1 is 0.735 bits per heavy atom. The van der Waals surface area contributed by atoms with Crippen LogP contribution in [-0.2, 0) is 19.3 Å². The zero-order chi connectivity index (χ0) is 24.1. The summed E-state index contributed by atoms with van der Waals surface area (Å²) >= 11 is 0. The minimum absolute atomic E-state index is 0.0630. The van der Waals surface area contributed by atoms with Gasteiger partial charge >= 0.3 is 0 Å². The van der Waals surface area contributed by atoms with Gasteiger partial charge in [-0.3, -0.25) is 0 Å². The van der Waals surface area contributed by atoms with Crippen molar-refractivity contribution in [1.82, 2.24) is 0 Å². The van der Waals surface area contributed by atoms with Gasteiger partial charge in [0.05, 0.1) is 0 Å². The Hall–Kier alpha value is -2.55. The molecule has 1 fully saturated rings. The Labute approximate surface area is 202 Å². The fourth-order valence-electron chi connectivity index (χ4n) is 5.37. The number of benzene rings is 3. The Morgan fingerprint density at radius 2 is 1.44 bits per heavy atom. The summed E-state index contributed by atoms with van der Waals surface area (Å²) in [4.78, 5) is 0. The topological polar surface area (TPSA) is 0 Å². The first-order chi connectivity index (χ1) is 16.5. The van der Waals surface area contributed by atoms with E-state index in [1.165, 1.54) is 5.56 Å². The molecule has 0 saturated heterocycles. The molecule has 0 aliphatic heterocycles. The van der Waals surface area contributed by atoms with Crippen LogP contribution in [0.5, 0.6) is 0 Å². The monoisotopic (exact) mass is 464 g/mol. The van der Waals surface area contributed by atoms with Gasteiger partial charge in [-0.25, -0.2) is 13.2 Å². The second-order valence-corrected chi connectivity index (χ2v) is 9.81. The predicted octanol–water partition coefficient (Wildman–Crippen LogP) is 9.19. The van der Waals surface area contributed by atoms with Gasteiger partial charge in [-0.15, -0.1) is 0 Å². The van der Waals surface area contributed by atoms with Gasteiger partial charge in [-0.2, -0.15) is 0 Å². The molecule has 0 N–H and O–H groups in total. The third-order valence-electron chi connectivity index (χ3n) is 7.55. The molecule has 4 rings (SSSR count). The summed E-state index contributed by atoms with van der Waals surface area (Å²) in [6.07, 6.45) is 8.27. The minimum atomic E-state index is -0.739. The molecule has 3 heteroatoms. The molecule has 0 heterocycles. The van der Waals surface area contributed by atoms with Crippen molar-refractivity contribution in [3.8, 4) is 11.1 Å². The maximum Gasteiger partial charge on any atom is 0.166 e. The van der Waals surface area contributed by atoms with Crippen molar-refractivity contribution >= 4 is 0 Å². The van der Waals surface area contributed by atoms with E-state index in [2.05, 4.69) is 19.9 Å². The quantitative estimate of drug-likeness (QED) is 0.312. The van der Waals surface area contributed by atoms with Crippen molar-refractivity contribution in [3.63, 3.8) is 0 Å². The first kappa shape index (κ1) is 24.6. The zero-order valence-corrected chi connectivity index (χ0v) is 20.3. The maximum atomic E-state index is 15.1. The molecule has 1 aliphatic carbocycles. The van der Waals surface area contributed by atoms with Crippen molar-refractivity contribution in [2.75, 3.05) is 0 Å². The number of aryl methyl sites for hydroxylation is 3. The van der Waals surface area contributed by atoms with Gasteiger partial charge in [-0.05, 0) is 97.1 Å². The Morgan fingerprint density at radius 3 is 2.09 bits per heavy atom. The van der Waals surface area contributed by atoms with Gasteiger partial charge in [0, 0.05) is 5.56 Å². The number of hydrogen-bond donors (Lipinski definition) is 0. The van der Waals surface area contributed by atoms with E-state index in [-0.39, 0.29) is 11.7 Å². The summed E-state index contributed by atoms with van der Waals surface area (Å²) in [5.41, 5.74) is 4.58. The van der Waals surface area contributed by atoms with E-state index in [4.69, 9.17) is 0 Å². The van der Waals surface area contributed by atoms with Crippen LogP contribution in [0.15, 0.2) is 54.6 Å². The van der Waals surface area contributed by atoms with Crippen molar-refractivity contribution in [1.29, 1.82) is 0 Å². The normalized spacial score (nSPS) is 18.3. The molecule has 0 amide bonds. The summed E-state index contributed by atoms with van der Waals surface area (Å²) in [6.45, 7) is 4.13. The summed E-state index contributed by atoms with van der Waals surface area (Å²) in [5, 5.41) is 0. The van der Waals surface area contributed by atoms with Crippen LogP contribution in [0.25, 0.3) is 11.1 Å². The van der Waals surface area contributed by atoms with Gasteiger partial charge < -0.3 is 0 Å². The molecule has 0 unspecified atom stereocenters. The summed E-state index contributed by atoms with van der Waals surface area (Å²) in [5.74, 6) is -0.905. The lowest BCUT2D eigenvalue weighted by Gasteiger charge is -2.29. The lowest BCUT2D eigenvalue weighted by Crippen LogP contribution is -2.15. The standard InChI is InChI=1S/C31H35F3/c1-3-5-26-17-12-23(20-29(26)32)7-6-22-10-15-25(16-11-22)28-19-18-27(30(33)31(28)34)24-13-8-21(4-2)9-14-24/h8-9,12-14,17-20,22,25H,3-7,10-11,15-16H2,1-2H3. The van der Waals surface area contributed by atoms with Crippen LogP contribution < -0.4 is 0 Å². The van der Waals surface area contributed by atoms with Crippen LogP contribution in [0.1, 0.15) is 80.5 Å². The molecule has 3 aromatic carbocycles. The van der Waals surface area contributed by atoms with Gasteiger partial charge in [0.25, 0.3) is 0 Å². The van der Waals surface area contributed by atoms with Crippen LogP contribution in [0.2, 0.25) is 0 Å². The molecule has 180 valence electrons. The molecule has 0 radical (unpaired) electrons. The fourth-order valence-corrected chi connectivity index (χ4v) is 5.37. The second-order valence-electron chi connectivity index (χ2n) is 9.81. The highest BCUT2D eigenvalue weighted by Crippen LogP contribution is 2.40. The summed E-state index contributed by atoms with van der Waals surface area (Å²) in [6, 6.07) is 16.8. The average molecular weight is 465 g/mol. The molecule has 0 bridgehead atoms. The van der Waals surface area contributed by atoms with E-state index in [1.54, 1.807) is 18.2 Å². The van der Waals surface area contributed by atoms with E-state index in [1.807, 2.05) is 30.3 Å². The lowest BCUT2D eigenvalue weighted by molar-refractivity contribution is 0.305. The first-order valence-corrected chi connectivity index (χ1v) is 12.8. The molecule has 0 spiro atoms. The summed E-state index contributed by atoms with van der Waals surface area (Å²) in [7, 11) is 0. The average Bonchev–Trinajstić information content (AvgIpc) is 2.86. The van der Waals surface area contributed by atoms with Crippen molar-refractivity contribution in [3.05, 3.63) is 94.3 Å². The molecular formula is C31H35F3. The number of halogens is 3. The molecular weight excluding hydrogens is 429 g/mol. The van der Waals surface area contributed by atoms with Crippen LogP contribution in [0.3, 0.4) is 0 Å². The number of hydrogen-bond acceptors (Lipinski definition) is 0. The molecule has 0 aromatic heterocycles. The first-order valence-electron chi connectivity index (χ1n) is 12.8. The smallest absolute Gasteiger partial charge is 0.166 e. The predicted molar refractivity (Wildman–Crippen MR) is 135 cm³/mol. The third-order valence-corrected chi connectivity index (χ3v) is 7.55. The van der Waals surface area contributed by atoms with Crippen LogP contribution in [0.4, 0.5) is 13.2 Å². The van der Waals surface area contributed by atoms with Gasteiger partial charge in [-0.1, -0.05) is 68.8 Å². The molecule has 0 atom stereocenters. The molecule has 3 aromatic rings. The Bertz CT molecular complexity index is 1090. The van der Waals surface area contributed by atoms with Crippen molar-refractivity contribution < 1.29 is 13.2 Å². The maximum absolute atomic E-state index is 15.1. The highest BCUT2D eigenvalue weighted by Gasteiger charge is 2.26. The van der Waals surface area contributed by atoms with Crippen molar-refractivity contribution in [2.45, 2.75) is 77.6 Å². The number of rotatable bonds is 8. The van der Waals surface area contributed by atoms with E-state index >= 15 is 4.39 Å². The highest BCUT2D eigenvalue weighted by molar-refractivity contribution is 5.65. The Kier molecular flexibility index (Phi) is 8.13. The lowest BCUT2D eigenvalue weighted by atomic mass is 9.76. The molecule has 1 aliphatic rings. The molecule has 0 nitrogen and oxygen atoms in total. The van der Waals surface area contributed by atoms with Crippen LogP contribution in [-0.4, -0.2) is 0 Å². The second kappa shape index (κ2) is 11.3. The zero-order valence-electron chi connectivity index (χ0n) is 20.3. The third kappa shape index (κ3) is 5.56. The molecule has 34 heavy (non-hydrogen) atoms. The van der Waals surface area contributed by atoms with Crippen LogP contribution >= 0.6 is 0 Å². The fraction of sp³-hybridized carbons (Fsp3) is 0.419. The largest absolute Gasteiger partial charge is 0.207 e. The minimum Gasteiger partial charge on any atom is -0.207 e. The van der Waals surface area contributed by atoms with Crippen molar-refractivity contribution in [2.24, 2.45) is 5.92 Å². The summed E-state index contributed by atoms with van der Waals surface area (Å²) < 4.78 is 44.2. The van der Waals surface area contributed by atoms with Gasteiger partial charge in [0.1, 0.15) is 5.82 Å². The van der Waals surface area contributed by atoms with E-state index < -0.39 is 11.6 Å². The van der Waals surface area contributed by atoms with E-state index in [0.717, 1.165) is 68.9 Å². The highest BCUT2D eigenvalue weighted by atomic mass is 19.2. The Balaban J connectivity index is 1.35. The van der Waals surface area contributed by atoms with Gasteiger partial charge in [0.15, 0.2) is 11.6 Å². The molecule has 1 saturated carbocycles.